The number of hydrazine groups is 1. The van der Waals surface area contributed by atoms with E-state index in [0.29, 0.717) is 5.92 Å². The summed E-state index contributed by atoms with van der Waals surface area (Å²) in [4.78, 5) is 15.0. The number of amides is 1. The molecule has 26 heavy (non-hydrogen) atoms. The summed E-state index contributed by atoms with van der Waals surface area (Å²) in [6.07, 6.45) is 1.93. The first kappa shape index (κ1) is 19.6. The van der Waals surface area contributed by atoms with E-state index < -0.39 is 0 Å². The summed E-state index contributed by atoms with van der Waals surface area (Å²) in [6.45, 7) is 10.0. The first-order valence-electron chi connectivity index (χ1n) is 9.54. The van der Waals surface area contributed by atoms with Gasteiger partial charge in [0.05, 0.1) is 4.83 Å². The van der Waals surface area contributed by atoms with Crippen molar-refractivity contribution in [2.45, 2.75) is 63.6 Å². The van der Waals surface area contributed by atoms with Crippen LogP contribution in [0, 0.1) is 19.8 Å². The molecule has 0 aliphatic carbocycles. The van der Waals surface area contributed by atoms with Crippen molar-refractivity contribution in [1.29, 1.82) is 0 Å². The topological polar surface area (TPSA) is 53.6 Å². The first-order chi connectivity index (χ1) is 12.4. The molecule has 2 fully saturated rings. The zero-order chi connectivity index (χ0) is 18.8. The highest BCUT2D eigenvalue weighted by molar-refractivity contribution is 9.09. The fourth-order valence-corrected chi connectivity index (χ4v) is 4.76. The van der Waals surface area contributed by atoms with E-state index >= 15 is 0 Å². The Bertz CT molecular complexity index is 644. The summed E-state index contributed by atoms with van der Waals surface area (Å²) in [7, 11) is 0. The van der Waals surface area contributed by atoms with Crippen LogP contribution < -0.4 is 15.6 Å². The minimum Gasteiger partial charge on any atom is -0.490 e. The SMILES string of the molecule is Cc1ccc(OC2CCN(C(=O)C3NNC(C(C)C)C3Br)CC2)cc1C. The quantitative estimate of drug-likeness (QED) is 0.730. The van der Waals surface area contributed by atoms with E-state index in [4.69, 9.17) is 4.74 Å². The van der Waals surface area contributed by atoms with Crippen molar-refractivity contribution in [3.63, 3.8) is 0 Å². The molecular formula is C20H30BrN3O2. The fourth-order valence-electron chi connectivity index (χ4n) is 3.66. The van der Waals surface area contributed by atoms with Crippen molar-refractivity contribution < 1.29 is 9.53 Å². The van der Waals surface area contributed by atoms with Gasteiger partial charge in [-0.05, 0) is 43.0 Å². The second-order valence-electron chi connectivity index (χ2n) is 7.87. The normalized spacial score (nSPS) is 27.2. The molecule has 3 unspecified atom stereocenters. The maximum atomic E-state index is 12.9. The average Bonchev–Trinajstić information content (AvgIpc) is 3.00. The van der Waals surface area contributed by atoms with E-state index in [1.807, 2.05) is 11.0 Å². The van der Waals surface area contributed by atoms with Crippen LogP contribution >= 0.6 is 15.9 Å². The van der Waals surface area contributed by atoms with Crippen LogP contribution in [0.15, 0.2) is 18.2 Å². The average molecular weight is 424 g/mol. The number of aryl methyl sites for hydroxylation is 2. The van der Waals surface area contributed by atoms with Crippen molar-refractivity contribution in [3.8, 4) is 5.75 Å². The number of nitrogens with zero attached hydrogens (tertiary/aromatic N) is 1. The van der Waals surface area contributed by atoms with Crippen LogP contribution in [0.2, 0.25) is 0 Å². The predicted molar refractivity (Wildman–Crippen MR) is 108 cm³/mol. The van der Waals surface area contributed by atoms with Gasteiger partial charge in [-0.2, -0.15) is 0 Å². The number of hydrogen-bond donors (Lipinski definition) is 2. The number of ether oxygens (including phenoxy) is 1. The first-order valence-corrected chi connectivity index (χ1v) is 10.5. The summed E-state index contributed by atoms with van der Waals surface area (Å²) in [5.74, 6) is 1.56. The molecule has 0 spiro atoms. The number of hydrogen-bond acceptors (Lipinski definition) is 4. The monoisotopic (exact) mass is 423 g/mol. The molecule has 0 bridgehead atoms. The maximum absolute atomic E-state index is 12.9. The molecule has 5 nitrogen and oxygen atoms in total. The molecule has 2 saturated heterocycles. The number of piperidine rings is 1. The Hall–Kier alpha value is -1.11. The van der Waals surface area contributed by atoms with Crippen molar-refractivity contribution >= 4 is 21.8 Å². The lowest BCUT2D eigenvalue weighted by Crippen LogP contribution is -2.51. The van der Waals surface area contributed by atoms with Crippen molar-refractivity contribution in [1.82, 2.24) is 15.8 Å². The largest absolute Gasteiger partial charge is 0.490 e. The van der Waals surface area contributed by atoms with Gasteiger partial charge in [-0.1, -0.05) is 35.8 Å². The molecular weight excluding hydrogens is 394 g/mol. The molecule has 0 aromatic heterocycles. The maximum Gasteiger partial charge on any atom is 0.242 e. The smallest absolute Gasteiger partial charge is 0.242 e. The molecule has 0 radical (unpaired) electrons. The summed E-state index contributed by atoms with van der Waals surface area (Å²) in [5, 5.41) is 0. The van der Waals surface area contributed by atoms with Gasteiger partial charge in [0.25, 0.3) is 0 Å². The van der Waals surface area contributed by atoms with Crippen molar-refractivity contribution in [3.05, 3.63) is 29.3 Å². The summed E-state index contributed by atoms with van der Waals surface area (Å²) >= 11 is 3.71. The standard InChI is InChI=1S/C20H30BrN3O2/c1-12(2)18-17(21)19(23-22-18)20(25)24-9-7-15(8-10-24)26-16-6-5-13(3)14(4)11-16/h5-6,11-12,15,17-19,22-23H,7-10H2,1-4H3. The zero-order valence-corrected chi connectivity index (χ0v) is 17.7. The number of carbonyl (C=O) groups excluding carboxylic acids is 1. The van der Waals surface area contributed by atoms with Crippen LogP contribution in [-0.2, 0) is 4.79 Å². The van der Waals surface area contributed by atoms with Crippen LogP contribution in [0.3, 0.4) is 0 Å². The van der Waals surface area contributed by atoms with Crippen LogP contribution in [0.1, 0.15) is 37.8 Å². The van der Waals surface area contributed by atoms with Gasteiger partial charge in [-0.3, -0.25) is 10.2 Å². The summed E-state index contributed by atoms with van der Waals surface area (Å²) in [6, 6.07) is 6.29. The van der Waals surface area contributed by atoms with Gasteiger partial charge in [0, 0.05) is 32.0 Å². The Kier molecular flexibility index (Phi) is 6.25. The lowest BCUT2D eigenvalue weighted by molar-refractivity contribution is -0.134. The molecule has 1 aromatic rings. The number of halogens is 1. The minimum absolute atomic E-state index is 0.111. The number of rotatable bonds is 4. The van der Waals surface area contributed by atoms with Crippen LogP contribution in [0.4, 0.5) is 0 Å². The lowest BCUT2D eigenvalue weighted by atomic mass is 9.98. The number of alkyl halides is 1. The molecule has 144 valence electrons. The van der Waals surface area contributed by atoms with E-state index in [1.165, 1.54) is 11.1 Å². The van der Waals surface area contributed by atoms with Gasteiger partial charge in [-0.25, -0.2) is 5.43 Å². The third kappa shape index (κ3) is 4.24. The molecule has 0 saturated carbocycles. The van der Waals surface area contributed by atoms with Gasteiger partial charge < -0.3 is 9.64 Å². The number of carbonyl (C=O) groups is 1. The lowest BCUT2D eigenvalue weighted by Gasteiger charge is -2.34. The van der Waals surface area contributed by atoms with Crippen LogP contribution in [0.5, 0.6) is 5.75 Å². The van der Waals surface area contributed by atoms with E-state index in [0.717, 1.165) is 31.7 Å². The Labute approximate surface area is 165 Å². The third-order valence-corrected chi connectivity index (χ3v) is 6.68. The molecule has 1 aromatic carbocycles. The predicted octanol–water partition coefficient (Wildman–Crippen LogP) is 2.94. The number of nitrogens with one attached hydrogen (secondary N) is 2. The van der Waals surface area contributed by atoms with E-state index in [1.54, 1.807) is 0 Å². The molecule has 1 amide bonds. The Balaban J connectivity index is 1.52. The fraction of sp³-hybridized carbons (Fsp3) is 0.650. The summed E-state index contributed by atoms with van der Waals surface area (Å²) in [5.41, 5.74) is 8.96. The zero-order valence-electron chi connectivity index (χ0n) is 16.1. The molecule has 2 N–H and O–H groups in total. The van der Waals surface area contributed by atoms with Crippen LogP contribution in [0.25, 0.3) is 0 Å². The summed E-state index contributed by atoms with van der Waals surface area (Å²) < 4.78 is 6.14. The molecule has 2 aliphatic heterocycles. The van der Waals surface area contributed by atoms with Gasteiger partial charge in [0.1, 0.15) is 17.9 Å². The van der Waals surface area contributed by atoms with E-state index in [9.17, 15) is 4.79 Å². The number of benzene rings is 1. The Morgan fingerprint density at radius 3 is 2.46 bits per heavy atom. The Morgan fingerprint density at radius 2 is 1.88 bits per heavy atom. The highest BCUT2D eigenvalue weighted by atomic mass is 79.9. The minimum atomic E-state index is -0.209. The van der Waals surface area contributed by atoms with Crippen molar-refractivity contribution in [2.24, 2.45) is 5.92 Å². The molecule has 3 atom stereocenters. The van der Waals surface area contributed by atoms with Gasteiger partial charge in [0.15, 0.2) is 0 Å². The van der Waals surface area contributed by atoms with E-state index in [-0.39, 0.29) is 28.9 Å². The number of likely N-dealkylation sites (tertiary alicyclic amines) is 1. The second-order valence-corrected chi connectivity index (χ2v) is 8.93. The molecule has 2 heterocycles. The van der Waals surface area contributed by atoms with Crippen molar-refractivity contribution in [2.75, 3.05) is 13.1 Å². The molecule has 3 rings (SSSR count). The van der Waals surface area contributed by atoms with Gasteiger partial charge in [0.2, 0.25) is 5.91 Å². The second kappa shape index (κ2) is 8.28. The van der Waals surface area contributed by atoms with Gasteiger partial charge >= 0.3 is 0 Å². The molecule has 2 aliphatic rings. The highest BCUT2D eigenvalue weighted by Crippen LogP contribution is 2.25. The third-order valence-electron chi connectivity index (χ3n) is 5.59. The Morgan fingerprint density at radius 1 is 1.19 bits per heavy atom. The highest BCUT2D eigenvalue weighted by Gasteiger charge is 2.42. The van der Waals surface area contributed by atoms with E-state index in [2.05, 4.69) is 66.6 Å². The molecule has 6 heteroatoms. The van der Waals surface area contributed by atoms with Gasteiger partial charge in [-0.15, -0.1) is 0 Å². The van der Waals surface area contributed by atoms with Crippen LogP contribution in [-0.4, -0.2) is 46.9 Å².